The molecule has 0 bridgehead atoms. The molecular weight excluding hydrogens is 284 g/mol. The van der Waals surface area contributed by atoms with Crippen molar-refractivity contribution in [3.8, 4) is 0 Å². The number of nitrogens with zero attached hydrogens (tertiary/aromatic N) is 3. The lowest BCUT2D eigenvalue weighted by Gasteiger charge is -2.23. The highest BCUT2D eigenvalue weighted by atomic mass is 15.3. The van der Waals surface area contributed by atoms with Gasteiger partial charge < -0.3 is 15.1 Å². The van der Waals surface area contributed by atoms with Crippen molar-refractivity contribution in [2.24, 2.45) is 4.99 Å². The molecular formula is C19H32N4. The first-order valence-electron chi connectivity index (χ1n) is 8.89. The van der Waals surface area contributed by atoms with Crippen molar-refractivity contribution in [1.82, 2.24) is 15.1 Å². The maximum absolute atomic E-state index is 4.41. The number of nitrogens with one attached hydrogen (secondary N) is 1. The van der Waals surface area contributed by atoms with Gasteiger partial charge in [0.25, 0.3) is 0 Å². The molecule has 1 saturated heterocycles. The monoisotopic (exact) mass is 316 g/mol. The van der Waals surface area contributed by atoms with Crippen LogP contribution in [-0.2, 0) is 6.54 Å². The SMILES string of the molecule is CN=C(NCCCCN1CCCC1)N(C)Cc1ccccc1C. The molecule has 1 N–H and O–H groups in total. The van der Waals surface area contributed by atoms with Gasteiger partial charge in [0.1, 0.15) is 0 Å². The van der Waals surface area contributed by atoms with E-state index in [0.29, 0.717) is 0 Å². The summed E-state index contributed by atoms with van der Waals surface area (Å²) >= 11 is 0. The predicted octanol–water partition coefficient (Wildman–Crippen LogP) is 2.88. The minimum absolute atomic E-state index is 0.889. The lowest BCUT2D eigenvalue weighted by atomic mass is 10.1. The molecule has 0 spiro atoms. The summed E-state index contributed by atoms with van der Waals surface area (Å²) in [6, 6.07) is 8.55. The predicted molar refractivity (Wildman–Crippen MR) is 98.9 cm³/mol. The summed E-state index contributed by atoms with van der Waals surface area (Å²) in [6.45, 7) is 7.90. The van der Waals surface area contributed by atoms with Gasteiger partial charge in [-0.1, -0.05) is 24.3 Å². The summed E-state index contributed by atoms with van der Waals surface area (Å²) in [6.07, 6.45) is 5.24. The molecule has 1 aliphatic rings. The topological polar surface area (TPSA) is 30.9 Å². The quantitative estimate of drug-likeness (QED) is 0.477. The second-order valence-corrected chi connectivity index (χ2v) is 6.51. The van der Waals surface area contributed by atoms with Crippen LogP contribution in [0.4, 0.5) is 0 Å². The van der Waals surface area contributed by atoms with Crippen molar-refractivity contribution in [3.63, 3.8) is 0 Å². The van der Waals surface area contributed by atoms with E-state index in [-0.39, 0.29) is 0 Å². The molecule has 128 valence electrons. The Hall–Kier alpha value is -1.55. The standard InChI is InChI=1S/C19H32N4/c1-17-10-4-5-11-18(17)16-22(3)19(20-2)21-12-6-7-13-23-14-8-9-15-23/h4-5,10-11H,6-9,12-16H2,1-3H3,(H,20,21). The van der Waals surface area contributed by atoms with E-state index in [2.05, 4.69) is 58.3 Å². The van der Waals surface area contributed by atoms with Gasteiger partial charge in [0, 0.05) is 27.2 Å². The van der Waals surface area contributed by atoms with Gasteiger partial charge in [-0.05, 0) is 63.4 Å². The van der Waals surface area contributed by atoms with Crippen LogP contribution in [-0.4, -0.2) is 56.0 Å². The van der Waals surface area contributed by atoms with Gasteiger partial charge in [0.15, 0.2) is 5.96 Å². The van der Waals surface area contributed by atoms with Gasteiger partial charge in [-0.25, -0.2) is 0 Å². The average Bonchev–Trinajstić information content (AvgIpc) is 3.06. The Kier molecular flexibility index (Phi) is 7.40. The number of aryl methyl sites for hydroxylation is 1. The van der Waals surface area contributed by atoms with Crippen molar-refractivity contribution >= 4 is 5.96 Å². The van der Waals surface area contributed by atoms with E-state index >= 15 is 0 Å². The van der Waals surface area contributed by atoms with Crippen molar-refractivity contribution in [1.29, 1.82) is 0 Å². The number of aliphatic imine (C=N–C) groups is 1. The Bertz CT molecular complexity index is 492. The first kappa shape index (κ1) is 17.8. The molecule has 0 amide bonds. The van der Waals surface area contributed by atoms with Crippen LogP contribution >= 0.6 is 0 Å². The third-order valence-corrected chi connectivity index (χ3v) is 4.63. The van der Waals surface area contributed by atoms with Gasteiger partial charge in [0.2, 0.25) is 0 Å². The molecule has 0 aliphatic carbocycles. The molecule has 0 radical (unpaired) electrons. The minimum Gasteiger partial charge on any atom is -0.356 e. The fourth-order valence-electron chi connectivity index (χ4n) is 3.17. The van der Waals surface area contributed by atoms with Crippen LogP contribution in [0.2, 0.25) is 0 Å². The van der Waals surface area contributed by atoms with Gasteiger partial charge in [-0.3, -0.25) is 4.99 Å². The zero-order valence-electron chi connectivity index (χ0n) is 15.0. The third kappa shape index (κ3) is 5.87. The smallest absolute Gasteiger partial charge is 0.193 e. The number of unbranched alkanes of at least 4 members (excludes halogenated alkanes) is 1. The van der Waals surface area contributed by atoms with E-state index in [9.17, 15) is 0 Å². The number of likely N-dealkylation sites (tertiary alicyclic amines) is 1. The van der Waals surface area contributed by atoms with Gasteiger partial charge in [0.05, 0.1) is 0 Å². The Morgan fingerprint density at radius 2 is 1.96 bits per heavy atom. The van der Waals surface area contributed by atoms with Gasteiger partial charge in [-0.15, -0.1) is 0 Å². The van der Waals surface area contributed by atoms with Crippen LogP contribution in [0.1, 0.15) is 36.8 Å². The number of hydrogen-bond acceptors (Lipinski definition) is 2. The number of benzene rings is 1. The molecule has 23 heavy (non-hydrogen) atoms. The third-order valence-electron chi connectivity index (χ3n) is 4.63. The Morgan fingerprint density at radius 1 is 1.22 bits per heavy atom. The maximum atomic E-state index is 4.41. The highest BCUT2D eigenvalue weighted by molar-refractivity contribution is 5.79. The Balaban J connectivity index is 1.68. The molecule has 0 saturated carbocycles. The molecule has 0 atom stereocenters. The van der Waals surface area contributed by atoms with Crippen LogP contribution < -0.4 is 5.32 Å². The van der Waals surface area contributed by atoms with Crippen molar-refractivity contribution < 1.29 is 0 Å². The first-order valence-corrected chi connectivity index (χ1v) is 8.89. The summed E-state index contributed by atoms with van der Waals surface area (Å²) in [7, 11) is 3.97. The van der Waals surface area contributed by atoms with E-state index < -0.39 is 0 Å². The fraction of sp³-hybridized carbons (Fsp3) is 0.632. The van der Waals surface area contributed by atoms with Gasteiger partial charge in [-0.2, -0.15) is 0 Å². The van der Waals surface area contributed by atoms with Crippen LogP contribution in [0, 0.1) is 6.92 Å². The molecule has 4 heteroatoms. The molecule has 1 fully saturated rings. The second kappa shape index (κ2) is 9.56. The Labute approximate surface area is 141 Å². The normalized spacial score (nSPS) is 15.9. The van der Waals surface area contributed by atoms with E-state index in [1.807, 2.05) is 7.05 Å². The van der Waals surface area contributed by atoms with Crippen LogP contribution in [0.15, 0.2) is 29.3 Å². The lowest BCUT2D eigenvalue weighted by molar-refractivity contribution is 0.330. The summed E-state index contributed by atoms with van der Waals surface area (Å²) in [4.78, 5) is 9.19. The van der Waals surface area contributed by atoms with Gasteiger partial charge >= 0.3 is 0 Å². The second-order valence-electron chi connectivity index (χ2n) is 6.51. The minimum atomic E-state index is 0.889. The van der Waals surface area contributed by atoms with Crippen LogP contribution in [0.5, 0.6) is 0 Å². The van der Waals surface area contributed by atoms with E-state index in [4.69, 9.17) is 0 Å². The molecule has 1 aromatic carbocycles. The zero-order chi connectivity index (χ0) is 16.5. The summed E-state index contributed by atoms with van der Waals surface area (Å²) in [5, 5.41) is 3.49. The molecule has 2 rings (SSSR count). The van der Waals surface area contributed by atoms with Crippen molar-refractivity contribution in [2.75, 3.05) is 40.3 Å². The first-order chi connectivity index (χ1) is 11.2. The summed E-state index contributed by atoms with van der Waals surface area (Å²) in [5.74, 6) is 0.981. The number of guanidine groups is 1. The highest BCUT2D eigenvalue weighted by Gasteiger charge is 2.11. The van der Waals surface area contributed by atoms with Crippen molar-refractivity contribution in [3.05, 3.63) is 35.4 Å². The van der Waals surface area contributed by atoms with Crippen molar-refractivity contribution in [2.45, 2.75) is 39.2 Å². The zero-order valence-corrected chi connectivity index (χ0v) is 15.0. The molecule has 4 nitrogen and oxygen atoms in total. The van der Waals surface area contributed by atoms with Crippen LogP contribution in [0.3, 0.4) is 0 Å². The molecule has 1 aliphatic heterocycles. The molecule has 1 aromatic rings. The molecule has 1 heterocycles. The largest absolute Gasteiger partial charge is 0.356 e. The molecule has 0 unspecified atom stereocenters. The Morgan fingerprint density at radius 3 is 2.65 bits per heavy atom. The van der Waals surface area contributed by atoms with Crippen LogP contribution in [0.25, 0.3) is 0 Å². The fourth-order valence-corrected chi connectivity index (χ4v) is 3.17. The summed E-state index contributed by atoms with van der Waals surface area (Å²) in [5.41, 5.74) is 2.69. The maximum Gasteiger partial charge on any atom is 0.193 e. The number of rotatable bonds is 7. The van der Waals surface area contributed by atoms with E-state index in [0.717, 1.165) is 19.0 Å². The lowest BCUT2D eigenvalue weighted by Crippen LogP contribution is -2.39. The van der Waals surface area contributed by atoms with E-state index in [1.165, 1.54) is 56.4 Å². The molecule has 0 aromatic heterocycles. The highest BCUT2D eigenvalue weighted by Crippen LogP contribution is 2.10. The summed E-state index contributed by atoms with van der Waals surface area (Å²) < 4.78 is 0. The van der Waals surface area contributed by atoms with E-state index in [1.54, 1.807) is 0 Å². The number of hydrogen-bond donors (Lipinski definition) is 1. The average molecular weight is 316 g/mol.